The van der Waals surface area contributed by atoms with E-state index in [0.29, 0.717) is 0 Å². The highest BCUT2D eigenvalue weighted by atomic mass is 16.5. The number of nitrogens with zero attached hydrogens (tertiary/aromatic N) is 4. The number of likely N-dealkylation sites (tertiary alicyclic amines) is 1. The minimum Gasteiger partial charge on any atom is -0.496 e. The van der Waals surface area contributed by atoms with E-state index in [1.165, 1.54) is 49.0 Å². The molecule has 156 valence electrons. The van der Waals surface area contributed by atoms with Crippen molar-refractivity contribution >= 4 is 0 Å². The fourth-order valence-electron chi connectivity index (χ4n) is 4.58. The maximum Gasteiger partial charge on any atom is 0.123 e. The number of aromatic nitrogens is 1. The molecule has 0 atom stereocenters. The van der Waals surface area contributed by atoms with E-state index >= 15 is 0 Å². The monoisotopic (exact) mass is 394 g/mol. The summed E-state index contributed by atoms with van der Waals surface area (Å²) in [7, 11) is 1.79. The lowest BCUT2D eigenvalue weighted by Crippen LogP contribution is -2.30. The molecule has 0 unspecified atom stereocenters. The van der Waals surface area contributed by atoms with Crippen LogP contribution in [0.1, 0.15) is 36.0 Å². The van der Waals surface area contributed by atoms with Crippen LogP contribution in [0.2, 0.25) is 0 Å². The van der Waals surface area contributed by atoms with Gasteiger partial charge in [-0.15, -0.1) is 0 Å². The first-order valence-corrected chi connectivity index (χ1v) is 11.0. The van der Waals surface area contributed by atoms with Crippen LogP contribution in [0.3, 0.4) is 0 Å². The van der Waals surface area contributed by atoms with Gasteiger partial charge in [0.15, 0.2) is 0 Å². The van der Waals surface area contributed by atoms with Crippen molar-refractivity contribution in [1.29, 1.82) is 0 Å². The molecule has 0 radical (unpaired) electrons. The van der Waals surface area contributed by atoms with Crippen molar-refractivity contribution in [2.24, 2.45) is 0 Å². The first-order valence-electron chi connectivity index (χ1n) is 11.0. The van der Waals surface area contributed by atoms with Crippen molar-refractivity contribution in [3.05, 3.63) is 59.4 Å². The highest BCUT2D eigenvalue weighted by Crippen LogP contribution is 2.24. The van der Waals surface area contributed by atoms with E-state index < -0.39 is 0 Å². The van der Waals surface area contributed by atoms with Gasteiger partial charge in [-0.25, -0.2) is 0 Å². The largest absolute Gasteiger partial charge is 0.496 e. The van der Waals surface area contributed by atoms with Gasteiger partial charge in [0, 0.05) is 50.7 Å². The molecule has 0 amide bonds. The molecule has 5 nitrogen and oxygen atoms in total. The van der Waals surface area contributed by atoms with Gasteiger partial charge in [0.25, 0.3) is 0 Å². The molecule has 5 heteroatoms. The minimum absolute atomic E-state index is 1.00. The third kappa shape index (κ3) is 5.78. The molecule has 0 saturated carbocycles. The van der Waals surface area contributed by atoms with Crippen LogP contribution in [0, 0.1) is 0 Å². The van der Waals surface area contributed by atoms with Gasteiger partial charge in [-0.05, 0) is 74.8 Å². The van der Waals surface area contributed by atoms with Crippen molar-refractivity contribution in [3.63, 3.8) is 0 Å². The van der Waals surface area contributed by atoms with Gasteiger partial charge in [0.2, 0.25) is 0 Å². The minimum atomic E-state index is 1.00. The molecule has 1 aromatic carbocycles. The van der Waals surface area contributed by atoms with Crippen LogP contribution >= 0.6 is 0 Å². The van der Waals surface area contributed by atoms with Crippen LogP contribution in [-0.4, -0.2) is 66.1 Å². The molecule has 2 aliphatic rings. The predicted octanol–water partition coefficient (Wildman–Crippen LogP) is 3.39. The topological polar surface area (TPSA) is 31.8 Å². The van der Waals surface area contributed by atoms with Gasteiger partial charge in [-0.3, -0.25) is 19.7 Å². The summed E-state index contributed by atoms with van der Waals surface area (Å²) in [6.45, 7) is 10.0. The Bertz CT molecular complexity index is 761. The quantitative estimate of drug-likeness (QED) is 0.719. The summed E-state index contributed by atoms with van der Waals surface area (Å²) in [4.78, 5) is 12.0. The molecule has 2 fully saturated rings. The SMILES string of the molecule is COc1ccc(CN2CCCN(Cc3cccnc3)CC2)cc1CN1CCCC1. The summed E-state index contributed by atoms with van der Waals surface area (Å²) in [6, 6.07) is 11.0. The fraction of sp³-hybridized carbons (Fsp3) is 0.542. The molecule has 4 rings (SSSR count). The van der Waals surface area contributed by atoms with E-state index in [2.05, 4.69) is 43.9 Å². The number of hydrogen-bond acceptors (Lipinski definition) is 5. The Morgan fingerprint density at radius 2 is 1.48 bits per heavy atom. The fourth-order valence-corrected chi connectivity index (χ4v) is 4.58. The number of ether oxygens (including phenoxy) is 1. The lowest BCUT2D eigenvalue weighted by Gasteiger charge is -2.23. The Kier molecular flexibility index (Phi) is 7.14. The zero-order valence-corrected chi connectivity index (χ0v) is 17.7. The van der Waals surface area contributed by atoms with Crippen molar-refractivity contribution in [2.75, 3.05) is 46.4 Å². The summed E-state index contributed by atoms with van der Waals surface area (Å²) >= 11 is 0. The van der Waals surface area contributed by atoms with Crippen molar-refractivity contribution in [3.8, 4) is 5.75 Å². The van der Waals surface area contributed by atoms with E-state index in [4.69, 9.17) is 4.74 Å². The molecule has 29 heavy (non-hydrogen) atoms. The second-order valence-corrected chi connectivity index (χ2v) is 8.40. The standard InChI is InChI=1S/C24H34N4O/c1-29-24-8-7-21(16-23(24)20-26-10-2-3-11-26)18-27-12-5-13-28(15-14-27)19-22-6-4-9-25-17-22/h4,6-9,16-17H,2-3,5,10-15,18-20H2,1H3. The summed E-state index contributed by atoms with van der Waals surface area (Å²) in [5.74, 6) is 1.03. The van der Waals surface area contributed by atoms with Crippen molar-refractivity contribution in [2.45, 2.75) is 38.9 Å². The van der Waals surface area contributed by atoms with Gasteiger partial charge in [0.1, 0.15) is 5.75 Å². The molecule has 0 spiro atoms. The summed E-state index contributed by atoms with van der Waals surface area (Å²) in [5, 5.41) is 0. The maximum atomic E-state index is 5.64. The zero-order valence-electron chi connectivity index (χ0n) is 17.7. The maximum absolute atomic E-state index is 5.64. The molecule has 2 aromatic rings. The Labute approximate surface area is 175 Å². The number of benzene rings is 1. The molecular weight excluding hydrogens is 360 g/mol. The summed E-state index contributed by atoms with van der Waals surface area (Å²) in [6.07, 6.45) is 7.70. The molecule has 2 aliphatic heterocycles. The van der Waals surface area contributed by atoms with Crippen LogP contribution in [0.25, 0.3) is 0 Å². The molecular formula is C24H34N4O. The number of pyridine rings is 1. The summed E-state index contributed by atoms with van der Waals surface area (Å²) in [5.41, 5.74) is 4.04. The Hall–Kier alpha value is -1.95. The van der Waals surface area contributed by atoms with Crippen molar-refractivity contribution < 1.29 is 4.74 Å². The number of methoxy groups -OCH3 is 1. The lowest BCUT2D eigenvalue weighted by molar-refractivity contribution is 0.247. The van der Waals surface area contributed by atoms with Crippen LogP contribution in [0.5, 0.6) is 5.75 Å². The van der Waals surface area contributed by atoms with E-state index in [9.17, 15) is 0 Å². The van der Waals surface area contributed by atoms with E-state index in [1.807, 2.05) is 18.5 Å². The van der Waals surface area contributed by atoms with Crippen LogP contribution in [0.15, 0.2) is 42.7 Å². The molecule has 0 N–H and O–H groups in total. The Balaban J connectivity index is 1.34. The smallest absolute Gasteiger partial charge is 0.123 e. The van der Waals surface area contributed by atoms with Crippen LogP contribution in [-0.2, 0) is 19.6 Å². The average Bonchev–Trinajstić information content (AvgIpc) is 3.16. The van der Waals surface area contributed by atoms with Gasteiger partial charge < -0.3 is 4.74 Å². The van der Waals surface area contributed by atoms with Crippen LogP contribution < -0.4 is 4.74 Å². The first kappa shape index (κ1) is 20.3. The zero-order chi connectivity index (χ0) is 19.9. The molecule has 0 bridgehead atoms. The second-order valence-electron chi connectivity index (χ2n) is 8.40. The van der Waals surface area contributed by atoms with Crippen molar-refractivity contribution in [1.82, 2.24) is 19.7 Å². The highest BCUT2D eigenvalue weighted by molar-refractivity contribution is 5.37. The molecule has 2 saturated heterocycles. The number of rotatable bonds is 7. The Morgan fingerprint density at radius 1 is 0.793 bits per heavy atom. The normalized spacial score (nSPS) is 19.3. The third-order valence-electron chi connectivity index (χ3n) is 6.15. The van der Waals surface area contributed by atoms with Gasteiger partial charge in [-0.1, -0.05) is 12.1 Å². The van der Waals surface area contributed by atoms with Gasteiger partial charge in [0.05, 0.1) is 7.11 Å². The third-order valence-corrected chi connectivity index (χ3v) is 6.15. The van der Waals surface area contributed by atoms with E-state index in [-0.39, 0.29) is 0 Å². The second kappa shape index (κ2) is 10.2. The van der Waals surface area contributed by atoms with E-state index in [0.717, 1.165) is 51.6 Å². The van der Waals surface area contributed by atoms with Gasteiger partial charge in [-0.2, -0.15) is 0 Å². The molecule has 0 aliphatic carbocycles. The summed E-state index contributed by atoms with van der Waals surface area (Å²) < 4.78 is 5.64. The predicted molar refractivity (Wildman–Crippen MR) is 117 cm³/mol. The van der Waals surface area contributed by atoms with Crippen LogP contribution in [0.4, 0.5) is 0 Å². The molecule has 3 heterocycles. The number of hydrogen-bond donors (Lipinski definition) is 0. The molecule has 1 aromatic heterocycles. The highest BCUT2D eigenvalue weighted by Gasteiger charge is 2.17. The first-order chi connectivity index (χ1) is 14.3. The lowest BCUT2D eigenvalue weighted by atomic mass is 10.1. The van der Waals surface area contributed by atoms with Gasteiger partial charge >= 0.3 is 0 Å². The van der Waals surface area contributed by atoms with E-state index in [1.54, 1.807) is 7.11 Å². The average molecular weight is 395 g/mol. The Morgan fingerprint density at radius 3 is 2.17 bits per heavy atom.